The highest BCUT2D eigenvalue weighted by Gasteiger charge is 2.57. The molecule has 2 fully saturated rings. The number of urea groups is 1. The number of hydrogen-bond donors (Lipinski definition) is 2. The second-order valence-electron chi connectivity index (χ2n) is 7.87. The Kier molecular flexibility index (Phi) is 4.39. The summed E-state index contributed by atoms with van der Waals surface area (Å²) in [4.78, 5) is 39.1. The highest BCUT2D eigenvalue weighted by Crippen LogP contribution is 2.45. The predicted octanol–water partition coefficient (Wildman–Crippen LogP) is 3.41. The van der Waals surface area contributed by atoms with Gasteiger partial charge in [0, 0.05) is 12.5 Å². The van der Waals surface area contributed by atoms with Crippen LogP contribution in [0.1, 0.15) is 50.3 Å². The number of imide groups is 1. The van der Waals surface area contributed by atoms with Gasteiger partial charge in [0.1, 0.15) is 5.54 Å². The first-order valence-corrected chi connectivity index (χ1v) is 9.90. The summed E-state index contributed by atoms with van der Waals surface area (Å²) in [5.74, 6) is -0.659. The van der Waals surface area contributed by atoms with Gasteiger partial charge in [-0.3, -0.25) is 14.9 Å². The molecule has 1 saturated heterocycles. The van der Waals surface area contributed by atoms with Crippen molar-refractivity contribution in [3.63, 3.8) is 0 Å². The minimum atomic E-state index is -0.964. The lowest BCUT2D eigenvalue weighted by atomic mass is 9.83. The summed E-state index contributed by atoms with van der Waals surface area (Å²) in [7, 11) is 0. The highest BCUT2D eigenvalue weighted by atomic mass is 35.5. The van der Waals surface area contributed by atoms with Crippen LogP contribution in [0.25, 0.3) is 0 Å². The molecule has 0 radical (unpaired) electrons. The van der Waals surface area contributed by atoms with E-state index in [0.29, 0.717) is 23.0 Å². The van der Waals surface area contributed by atoms with Gasteiger partial charge in [0.25, 0.3) is 5.91 Å². The van der Waals surface area contributed by atoms with E-state index in [1.807, 2.05) is 26.0 Å². The summed E-state index contributed by atoms with van der Waals surface area (Å²) in [6, 6.07) is 3.04. The molecule has 27 heavy (non-hydrogen) atoms. The van der Waals surface area contributed by atoms with E-state index in [1.54, 1.807) is 4.90 Å². The number of carbonyl (C=O) groups is 3. The average molecular weight is 410 g/mol. The second kappa shape index (κ2) is 6.38. The Bertz CT molecular complexity index is 855. The molecule has 0 spiro atoms. The van der Waals surface area contributed by atoms with Crippen LogP contribution < -0.4 is 10.6 Å². The quantitative estimate of drug-likeness (QED) is 0.747. The van der Waals surface area contributed by atoms with Crippen molar-refractivity contribution in [2.45, 2.75) is 51.2 Å². The van der Waals surface area contributed by atoms with Gasteiger partial charge in [0.2, 0.25) is 5.91 Å². The number of nitrogens with one attached hydrogen (secondary N) is 2. The van der Waals surface area contributed by atoms with Crippen molar-refractivity contribution in [2.24, 2.45) is 11.8 Å². The number of hydrogen-bond acceptors (Lipinski definition) is 3. The van der Waals surface area contributed by atoms with Crippen LogP contribution in [0.4, 0.5) is 4.79 Å². The van der Waals surface area contributed by atoms with E-state index in [0.717, 1.165) is 24.0 Å². The highest BCUT2D eigenvalue weighted by molar-refractivity contribution is 6.42. The standard InChI is InChI=1S/C19H21Cl2N3O3/c1-9(7-19(12-3-4-12)17(26)22-18(27)23-19)16(25)24-8-11-5-14(20)15(21)6-13(11)10(24)2/h5-6,9-10,12H,3-4,7-8H2,1-2H3,(H2,22,23,26,27)/t9?,10?,19-/m0/s1. The van der Waals surface area contributed by atoms with Crippen molar-refractivity contribution >= 4 is 41.0 Å². The Morgan fingerprint density at radius 3 is 2.56 bits per heavy atom. The van der Waals surface area contributed by atoms with E-state index >= 15 is 0 Å². The molecule has 2 N–H and O–H groups in total. The van der Waals surface area contributed by atoms with E-state index in [-0.39, 0.29) is 23.8 Å². The molecule has 0 aromatic heterocycles. The molecule has 144 valence electrons. The third-order valence-electron chi connectivity index (χ3n) is 6.02. The zero-order valence-electron chi connectivity index (χ0n) is 15.1. The maximum absolute atomic E-state index is 13.2. The Morgan fingerprint density at radius 2 is 1.96 bits per heavy atom. The molecule has 3 aliphatic rings. The van der Waals surface area contributed by atoms with E-state index in [1.165, 1.54) is 0 Å². The van der Waals surface area contributed by atoms with Crippen molar-refractivity contribution in [1.82, 2.24) is 15.5 Å². The molecule has 8 heteroatoms. The summed E-state index contributed by atoms with van der Waals surface area (Å²) in [6.45, 7) is 4.24. The first-order valence-electron chi connectivity index (χ1n) is 9.15. The monoisotopic (exact) mass is 409 g/mol. The van der Waals surface area contributed by atoms with Crippen molar-refractivity contribution in [3.05, 3.63) is 33.3 Å². The third kappa shape index (κ3) is 2.99. The van der Waals surface area contributed by atoms with Crippen molar-refractivity contribution in [2.75, 3.05) is 0 Å². The molecule has 1 saturated carbocycles. The number of amides is 4. The van der Waals surface area contributed by atoms with Gasteiger partial charge in [-0.1, -0.05) is 30.1 Å². The zero-order valence-corrected chi connectivity index (χ0v) is 16.7. The normalized spacial score (nSPS) is 28.0. The fourth-order valence-electron chi connectivity index (χ4n) is 4.42. The smallest absolute Gasteiger partial charge is 0.322 e. The fourth-order valence-corrected chi connectivity index (χ4v) is 4.78. The molecule has 1 aromatic rings. The van der Waals surface area contributed by atoms with Gasteiger partial charge >= 0.3 is 6.03 Å². The molecule has 1 aliphatic carbocycles. The molecular formula is C19H21Cl2N3O3. The molecule has 4 rings (SSSR count). The van der Waals surface area contributed by atoms with Crippen LogP contribution in [-0.4, -0.2) is 28.3 Å². The Hall–Kier alpha value is -1.79. The zero-order chi connectivity index (χ0) is 19.5. The van der Waals surface area contributed by atoms with E-state index in [9.17, 15) is 14.4 Å². The van der Waals surface area contributed by atoms with Crippen LogP contribution in [0.2, 0.25) is 10.0 Å². The lowest BCUT2D eigenvalue weighted by Crippen LogP contribution is -2.51. The molecule has 6 nitrogen and oxygen atoms in total. The topological polar surface area (TPSA) is 78.5 Å². The molecule has 2 unspecified atom stereocenters. The summed E-state index contributed by atoms with van der Waals surface area (Å²) in [5.41, 5.74) is 1.02. The van der Waals surface area contributed by atoms with Crippen LogP contribution in [0.15, 0.2) is 12.1 Å². The summed E-state index contributed by atoms with van der Waals surface area (Å²) < 4.78 is 0. The maximum atomic E-state index is 13.2. The van der Waals surface area contributed by atoms with Gasteiger partial charge in [-0.05, 0) is 55.4 Å². The van der Waals surface area contributed by atoms with Crippen LogP contribution in [-0.2, 0) is 16.1 Å². The Labute approximate surface area is 167 Å². The first-order chi connectivity index (χ1) is 12.7. The Balaban J connectivity index is 1.53. The first kappa shape index (κ1) is 18.6. The fraction of sp³-hybridized carbons (Fsp3) is 0.526. The molecule has 3 atom stereocenters. The average Bonchev–Trinajstić information content (AvgIpc) is 3.36. The second-order valence-corrected chi connectivity index (χ2v) is 8.68. The minimum absolute atomic E-state index is 0.0417. The van der Waals surface area contributed by atoms with Gasteiger partial charge in [-0.15, -0.1) is 0 Å². The van der Waals surface area contributed by atoms with Gasteiger partial charge in [0.15, 0.2) is 0 Å². The number of carbonyl (C=O) groups excluding carboxylic acids is 3. The number of nitrogens with zero attached hydrogens (tertiary/aromatic N) is 1. The summed E-state index contributed by atoms with van der Waals surface area (Å²) in [6.07, 6.45) is 2.07. The lowest BCUT2D eigenvalue weighted by molar-refractivity contribution is -0.138. The van der Waals surface area contributed by atoms with E-state index < -0.39 is 17.5 Å². The van der Waals surface area contributed by atoms with Gasteiger partial charge in [-0.2, -0.15) is 0 Å². The van der Waals surface area contributed by atoms with Gasteiger partial charge in [0.05, 0.1) is 16.1 Å². The van der Waals surface area contributed by atoms with Crippen molar-refractivity contribution < 1.29 is 14.4 Å². The lowest BCUT2D eigenvalue weighted by Gasteiger charge is -2.31. The van der Waals surface area contributed by atoms with Crippen molar-refractivity contribution in [3.8, 4) is 0 Å². The molecule has 2 aliphatic heterocycles. The molecule has 0 bridgehead atoms. The third-order valence-corrected chi connectivity index (χ3v) is 6.74. The SMILES string of the molecule is CC(C[C@@]1(C2CC2)NC(=O)NC1=O)C(=O)N1Cc2cc(Cl)c(Cl)cc2C1C. The molecule has 4 amide bonds. The largest absolute Gasteiger partial charge is 0.331 e. The van der Waals surface area contributed by atoms with Crippen LogP contribution in [0, 0.1) is 11.8 Å². The molecular weight excluding hydrogens is 389 g/mol. The van der Waals surface area contributed by atoms with Gasteiger partial charge in [-0.25, -0.2) is 4.79 Å². The van der Waals surface area contributed by atoms with E-state index in [2.05, 4.69) is 10.6 Å². The van der Waals surface area contributed by atoms with Crippen LogP contribution in [0.3, 0.4) is 0 Å². The number of benzene rings is 1. The minimum Gasteiger partial charge on any atom is -0.331 e. The van der Waals surface area contributed by atoms with E-state index in [4.69, 9.17) is 23.2 Å². The van der Waals surface area contributed by atoms with Crippen molar-refractivity contribution in [1.29, 1.82) is 0 Å². The summed E-state index contributed by atoms with van der Waals surface area (Å²) in [5, 5.41) is 6.08. The number of halogens is 2. The Morgan fingerprint density at radius 1 is 1.30 bits per heavy atom. The maximum Gasteiger partial charge on any atom is 0.322 e. The summed E-state index contributed by atoms with van der Waals surface area (Å²) >= 11 is 12.2. The molecule has 2 heterocycles. The number of fused-ring (bicyclic) bond motifs is 1. The van der Waals surface area contributed by atoms with Crippen LogP contribution >= 0.6 is 23.2 Å². The number of rotatable bonds is 4. The molecule has 1 aromatic carbocycles. The van der Waals surface area contributed by atoms with Gasteiger partial charge < -0.3 is 10.2 Å². The predicted molar refractivity (Wildman–Crippen MR) is 101 cm³/mol. The van der Waals surface area contributed by atoms with Crippen LogP contribution in [0.5, 0.6) is 0 Å².